The van der Waals surface area contributed by atoms with Gasteiger partial charge in [-0.25, -0.2) is 4.79 Å². The van der Waals surface area contributed by atoms with Gasteiger partial charge in [0.15, 0.2) is 5.78 Å². The van der Waals surface area contributed by atoms with Crippen LogP contribution < -0.4 is 0 Å². The lowest BCUT2D eigenvalue weighted by molar-refractivity contribution is -0.132. The second-order valence-electron chi connectivity index (χ2n) is 7.16. The summed E-state index contributed by atoms with van der Waals surface area (Å²) >= 11 is 3.36. The molecule has 1 N–H and O–H groups in total. The van der Waals surface area contributed by atoms with Gasteiger partial charge in [-0.3, -0.25) is 4.79 Å². The molecule has 0 fully saturated rings. The molecule has 0 amide bonds. The molecule has 0 radical (unpaired) electrons. The molecule has 1 aromatic rings. The zero-order valence-electron chi connectivity index (χ0n) is 16.3. The average Bonchev–Trinajstić information content (AvgIpc) is 2.59. The van der Waals surface area contributed by atoms with Gasteiger partial charge in [-0.1, -0.05) is 41.4 Å². The van der Waals surface area contributed by atoms with Crippen molar-refractivity contribution in [3.63, 3.8) is 0 Å². The van der Waals surface area contributed by atoms with Gasteiger partial charge < -0.3 is 9.84 Å². The Morgan fingerprint density at radius 3 is 2.33 bits per heavy atom. The zero-order chi connectivity index (χ0) is 20.4. The normalized spacial score (nSPS) is 19.6. The van der Waals surface area contributed by atoms with E-state index in [9.17, 15) is 14.7 Å². The summed E-state index contributed by atoms with van der Waals surface area (Å²) in [6.45, 7) is 9.87. The smallest absolute Gasteiger partial charge is 0.336 e. The lowest BCUT2D eigenvalue weighted by atomic mass is 9.66. The van der Waals surface area contributed by atoms with E-state index in [1.807, 2.05) is 45.9 Å². The molecule has 144 valence electrons. The molecule has 1 unspecified atom stereocenters. The summed E-state index contributed by atoms with van der Waals surface area (Å²) in [5.41, 5.74) is 1.80. The van der Waals surface area contributed by atoms with Gasteiger partial charge in [0.05, 0.1) is 12.2 Å². The summed E-state index contributed by atoms with van der Waals surface area (Å²) in [7, 11) is 0. The SMILES string of the molecule is CCOC1=C(C)C(C(=O)O)=C(C)C(C)(C)C1C=CC(=O)c1ccc(Br)cc1. The Bertz CT molecular complexity index is 842. The van der Waals surface area contributed by atoms with Crippen molar-refractivity contribution in [2.45, 2.75) is 34.6 Å². The standard InChI is InChI=1S/C22H25BrO4/c1-6-27-20-13(2)19(21(25)26)14(3)22(4,5)17(20)11-12-18(24)15-7-9-16(23)10-8-15/h7-12,17H,6H2,1-5H3,(H,25,26). The van der Waals surface area contributed by atoms with Gasteiger partial charge in [0.1, 0.15) is 5.76 Å². The molecule has 1 aliphatic carbocycles. The Labute approximate surface area is 168 Å². The maximum Gasteiger partial charge on any atom is 0.336 e. The maximum atomic E-state index is 12.5. The molecule has 0 saturated carbocycles. The van der Waals surface area contributed by atoms with Crippen molar-refractivity contribution in [2.75, 3.05) is 6.61 Å². The molecule has 1 atom stereocenters. The highest BCUT2D eigenvalue weighted by molar-refractivity contribution is 9.10. The third kappa shape index (κ3) is 4.24. The summed E-state index contributed by atoms with van der Waals surface area (Å²) < 4.78 is 6.75. The number of hydrogen-bond donors (Lipinski definition) is 1. The van der Waals surface area contributed by atoms with Crippen molar-refractivity contribution in [1.82, 2.24) is 0 Å². The molecule has 0 spiro atoms. The van der Waals surface area contributed by atoms with E-state index in [4.69, 9.17) is 4.74 Å². The van der Waals surface area contributed by atoms with Crippen LogP contribution in [0.2, 0.25) is 0 Å². The minimum absolute atomic E-state index is 0.0996. The minimum Gasteiger partial charge on any atom is -0.497 e. The van der Waals surface area contributed by atoms with E-state index in [0.717, 1.165) is 10.0 Å². The van der Waals surface area contributed by atoms with E-state index in [1.165, 1.54) is 0 Å². The minimum atomic E-state index is -0.955. The van der Waals surface area contributed by atoms with E-state index in [-0.39, 0.29) is 11.7 Å². The molecule has 0 aliphatic heterocycles. The van der Waals surface area contributed by atoms with E-state index in [1.54, 1.807) is 25.1 Å². The molecule has 2 rings (SSSR count). The van der Waals surface area contributed by atoms with Gasteiger partial charge in [-0.2, -0.15) is 0 Å². The zero-order valence-corrected chi connectivity index (χ0v) is 17.9. The number of hydrogen-bond acceptors (Lipinski definition) is 3. The molecule has 0 saturated heterocycles. The van der Waals surface area contributed by atoms with Crippen LogP contribution in [0.4, 0.5) is 0 Å². The number of ether oxygens (including phenoxy) is 1. The fraction of sp³-hybridized carbons (Fsp3) is 0.364. The van der Waals surface area contributed by atoms with Crippen LogP contribution in [0.15, 0.2) is 63.4 Å². The Morgan fingerprint density at radius 2 is 1.81 bits per heavy atom. The molecule has 4 nitrogen and oxygen atoms in total. The monoisotopic (exact) mass is 432 g/mol. The predicted octanol–water partition coefficient (Wildman–Crippen LogP) is 5.56. The van der Waals surface area contributed by atoms with Gasteiger partial charge >= 0.3 is 5.97 Å². The number of carbonyl (C=O) groups is 2. The van der Waals surface area contributed by atoms with Gasteiger partial charge in [0.2, 0.25) is 0 Å². The summed E-state index contributed by atoms with van der Waals surface area (Å²) in [5, 5.41) is 9.65. The van der Waals surface area contributed by atoms with Crippen LogP contribution in [0.1, 0.15) is 45.0 Å². The van der Waals surface area contributed by atoms with Crippen molar-refractivity contribution in [3.8, 4) is 0 Å². The molecular weight excluding hydrogens is 408 g/mol. The predicted molar refractivity (Wildman–Crippen MR) is 110 cm³/mol. The molecule has 0 bridgehead atoms. The van der Waals surface area contributed by atoms with Crippen LogP contribution in [-0.2, 0) is 9.53 Å². The first kappa shape index (κ1) is 21.2. The second kappa shape index (κ2) is 8.26. The lowest BCUT2D eigenvalue weighted by Crippen LogP contribution is -2.33. The third-order valence-corrected chi connectivity index (χ3v) is 5.76. The van der Waals surface area contributed by atoms with Crippen molar-refractivity contribution in [1.29, 1.82) is 0 Å². The quantitative estimate of drug-likeness (QED) is 0.472. The van der Waals surface area contributed by atoms with Crippen molar-refractivity contribution >= 4 is 27.7 Å². The van der Waals surface area contributed by atoms with Crippen molar-refractivity contribution in [2.24, 2.45) is 11.3 Å². The molecule has 1 aliphatic rings. The van der Waals surface area contributed by atoms with Crippen LogP contribution in [-0.4, -0.2) is 23.5 Å². The number of carboxylic acid groups (broad SMARTS) is 1. The van der Waals surface area contributed by atoms with Gasteiger partial charge in [0.25, 0.3) is 0 Å². The van der Waals surface area contributed by atoms with Crippen LogP contribution in [0.3, 0.4) is 0 Å². The number of halogens is 1. The second-order valence-corrected chi connectivity index (χ2v) is 8.07. The van der Waals surface area contributed by atoms with Crippen molar-refractivity contribution < 1.29 is 19.4 Å². The topological polar surface area (TPSA) is 63.6 Å². The number of carbonyl (C=O) groups excluding carboxylic acids is 1. The molecule has 5 heteroatoms. The number of allylic oxidation sites excluding steroid dienone is 3. The number of ketones is 1. The van der Waals surface area contributed by atoms with Crippen molar-refractivity contribution in [3.05, 3.63) is 68.9 Å². The highest BCUT2D eigenvalue weighted by Gasteiger charge is 2.41. The summed E-state index contributed by atoms with van der Waals surface area (Å²) in [6, 6.07) is 7.18. The van der Waals surface area contributed by atoms with E-state index in [0.29, 0.717) is 29.1 Å². The molecule has 0 heterocycles. The van der Waals surface area contributed by atoms with Crippen LogP contribution >= 0.6 is 15.9 Å². The fourth-order valence-electron chi connectivity index (χ4n) is 3.42. The fourth-order valence-corrected chi connectivity index (χ4v) is 3.68. The number of carboxylic acids is 1. The van der Waals surface area contributed by atoms with E-state index in [2.05, 4.69) is 15.9 Å². The van der Waals surface area contributed by atoms with Gasteiger partial charge in [-0.05, 0) is 56.5 Å². The Kier molecular flexibility index (Phi) is 6.47. The largest absolute Gasteiger partial charge is 0.497 e. The Morgan fingerprint density at radius 1 is 1.22 bits per heavy atom. The summed E-state index contributed by atoms with van der Waals surface area (Å²) in [5.74, 6) is -0.661. The first-order valence-corrected chi connectivity index (χ1v) is 9.67. The Balaban J connectivity index is 2.46. The highest BCUT2D eigenvalue weighted by atomic mass is 79.9. The number of rotatable bonds is 6. The molecule has 27 heavy (non-hydrogen) atoms. The van der Waals surface area contributed by atoms with Crippen LogP contribution in [0, 0.1) is 11.3 Å². The number of aliphatic carboxylic acids is 1. The average molecular weight is 433 g/mol. The molecule has 1 aromatic carbocycles. The Hall–Kier alpha value is -2.14. The number of benzene rings is 1. The highest BCUT2D eigenvalue weighted by Crippen LogP contribution is 2.48. The third-order valence-electron chi connectivity index (χ3n) is 5.23. The van der Waals surface area contributed by atoms with E-state index < -0.39 is 11.4 Å². The van der Waals surface area contributed by atoms with Gasteiger partial charge in [0, 0.05) is 21.5 Å². The molecule has 0 aromatic heterocycles. The van der Waals surface area contributed by atoms with E-state index >= 15 is 0 Å². The van der Waals surface area contributed by atoms with Crippen LogP contribution in [0.5, 0.6) is 0 Å². The lowest BCUT2D eigenvalue weighted by Gasteiger charge is -2.40. The molecular formula is C22H25BrO4. The first-order valence-electron chi connectivity index (χ1n) is 8.87. The van der Waals surface area contributed by atoms with Gasteiger partial charge in [-0.15, -0.1) is 0 Å². The summed E-state index contributed by atoms with van der Waals surface area (Å²) in [4.78, 5) is 24.3. The maximum absolute atomic E-state index is 12.5. The first-order chi connectivity index (χ1) is 12.6. The van der Waals surface area contributed by atoms with Crippen LogP contribution in [0.25, 0.3) is 0 Å². The summed E-state index contributed by atoms with van der Waals surface area (Å²) in [6.07, 6.45) is 3.39.